The minimum Gasteiger partial charge on any atom is -0.488 e. The van der Waals surface area contributed by atoms with Crippen LogP contribution in [0, 0.1) is 0 Å². The topological polar surface area (TPSA) is 46.5 Å². The van der Waals surface area contributed by atoms with Crippen molar-refractivity contribution in [3.8, 4) is 5.75 Å². The molecule has 2 rings (SSSR count). The minimum atomic E-state index is -0.913. The van der Waals surface area contributed by atoms with Gasteiger partial charge in [-0.1, -0.05) is 12.5 Å². The highest BCUT2D eigenvalue weighted by molar-refractivity contribution is 5.88. The second-order valence-electron chi connectivity index (χ2n) is 4.95. The maximum Gasteiger partial charge on any atom is 0.335 e. The van der Waals surface area contributed by atoms with Gasteiger partial charge in [0.05, 0.1) is 5.56 Å². The number of aromatic carboxylic acids is 1. The van der Waals surface area contributed by atoms with Crippen molar-refractivity contribution in [2.75, 3.05) is 0 Å². The van der Waals surface area contributed by atoms with E-state index in [1.807, 2.05) is 6.07 Å². The fraction of sp³-hybridized carbons (Fsp3) is 0.500. The molecule has 0 heterocycles. The van der Waals surface area contributed by atoms with Crippen LogP contribution in [0.1, 0.15) is 49.4 Å². The number of carboxylic acids is 1. The normalized spacial score (nSPS) is 18.6. The first-order valence-corrected chi connectivity index (χ1v) is 6.11. The summed E-state index contributed by atoms with van der Waals surface area (Å²) in [4.78, 5) is 10.9. The lowest BCUT2D eigenvalue weighted by Crippen LogP contribution is -2.34. The van der Waals surface area contributed by atoms with Gasteiger partial charge < -0.3 is 9.84 Å². The predicted molar refractivity (Wildman–Crippen MR) is 65.5 cm³/mol. The summed E-state index contributed by atoms with van der Waals surface area (Å²) in [6.45, 7) is 2.11. The highest BCUT2D eigenvalue weighted by Crippen LogP contribution is 2.32. The van der Waals surface area contributed by atoms with Crippen molar-refractivity contribution in [2.45, 2.75) is 44.6 Å². The SMILES string of the molecule is CC1(Oc2cccc(C(=O)O)c2)CCCCC1. The van der Waals surface area contributed by atoms with Gasteiger partial charge in [0.15, 0.2) is 0 Å². The van der Waals surface area contributed by atoms with Crippen molar-refractivity contribution in [2.24, 2.45) is 0 Å². The highest BCUT2D eigenvalue weighted by atomic mass is 16.5. The average Bonchev–Trinajstić information content (AvgIpc) is 2.29. The molecular weight excluding hydrogens is 216 g/mol. The number of hydrogen-bond donors (Lipinski definition) is 1. The fourth-order valence-electron chi connectivity index (χ4n) is 2.38. The Kier molecular flexibility index (Phi) is 3.36. The summed E-state index contributed by atoms with van der Waals surface area (Å²) in [6, 6.07) is 6.73. The van der Waals surface area contributed by atoms with Crippen LogP contribution in [0.25, 0.3) is 0 Å². The molecule has 0 saturated heterocycles. The summed E-state index contributed by atoms with van der Waals surface area (Å²) < 4.78 is 5.97. The Morgan fingerprint density at radius 3 is 2.65 bits per heavy atom. The zero-order valence-corrected chi connectivity index (χ0v) is 10.1. The summed E-state index contributed by atoms with van der Waals surface area (Å²) in [5, 5.41) is 8.92. The summed E-state index contributed by atoms with van der Waals surface area (Å²) in [5.74, 6) is -0.251. The van der Waals surface area contributed by atoms with E-state index in [1.54, 1.807) is 18.2 Å². The molecule has 0 amide bonds. The number of hydrogen-bond acceptors (Lipinski definition) is 2. The Bertz CT molecular complexity index is 406. The molecule has 0 aromatic heterocycles. The van der Waals surface area contributed by atoms with Crippen molar-refractivity contribution in [1.29, 1.82) is 0 Å². The molecule has 0 aliphatic heterocycles. The van der Waals surface area contributed by atoms with Gasteiger partial charge in [-0.3, -0.25) is 0 Å². The van der Waals surface area contributed by atoms with Crippen LogP contribution in [0.3, 0.4) is 0 Å². The number of carbonyl (C=O) groups is 1. The van der Waals surface area contributed by atoms with Crippen LogP contribution in [0.5, 0.6) is 5.75 Å². The molecule has 1 aromatic carbocycles. The number of rotatable bonds is 3. The maximum absolute atomic E-state index is 10.9. The number of benzene rings is 1. The van der Waals surface area contributed by atoms with Crippen molar-refractivity contribution in [3.05, 3.63) is 29.8 Å². The molecule has 3 heteroatoms. The molecule has 92 valence electrons. The van der Waals surface area contributed by atoms with E-state index in [9.17, 15) is 4.79 Å². The van der Waals surface area contributed by atoms with Gasteiger partial charge in [-0.2, -0.15) is 0 Å². The molecule has 1 N–H and O–H groups in total. The molecule has 1 aliphatic carbocycles. The molecule has 1 aromatic rings. The summed E-state index contributed by atoms with van der Waals surface area (Å²) in [5.41, 5.74) is 0.150. The monoisotopic (exact) mass is 234 g/mol. The summed E-state index contributed by atoms with van der Waals surface area (Å²) >= 11 is 0. The van der Waals surface area contributed by atoms with E-state index in [0.29, 0.717) is 5.75 Å². The van der Waals surface area contributed by atoms with Crippen LogP contribution in [-0.4, -0.2) is 16.7 Å². The molecule has 0 unspecified atom stereocenters. The smallest absolute Gasteiger partial charge is 0.335 e. The lowest BCUT2D eigenvalue weighted by atomic mass is 9.86. The minimum absolute atomic E-state index is 0.130. The first-order valence-electron chi connectivity index (χ1n) is 6.11. The Hall–Kier alpha value is -1.51. The molecule has 0 atom stereocenters. The van der Waals surface area contributed by atoms with E-state index >= 15 is 0 Å². The quantitative estimate of drug-likeness (QED) is 0.870. The van der Waals surface area contributed by atoms with E-state index in [-0.39, 0.29) is 11.2 Å². The molecule has 1 saturated carbocycles. The molecule has 17 heavy (non-hydrogen) atoms. The second-order valence-corrected chi connectivity index (χ2v) is 4.95. The lowest BCUT2D eigenvalue weighted by molar-refractivity contribution is 0.0482. The van der Waals surface area contributed by atoms with Gasteiger partial charge in [-0.25, -0.2) is 4.79 Å². The van der Waals surface area contributed by atoms with Gasteiger partial charge >= 0.3 is 5.97 Å². The van der Waals surface area contributed by atoms with E-state index in [1.165, 1.54) is 19.3 Å². The largest absolute Gasteiger partial charge is 0.488 e. The molecule has 1 fully saturated rings. The van der Waals surface area contributed by atoms with Gasteiger partial charge in [0.25, 0.3) is 0 Å². The average molecular weight is 234 g/mol. The van der Waals surface area contributed by atoms with Gasteiger partial charge in [-0.15, -0.1) is 0 Å². The summed E-state index contributed by atoms with van der Waals surface area (Å²) in [7, 11) is 0. The summed E-state index contributed by atoms with van der Waals surface area (Å²) in [6.07, 6.45) is 5.74. The van der Waals surface area contributed by atoms with Crippen molar-refractivity contribution in [3.63, 3.8) is 0 Å². The van der Waals surface area contributed by atoms with E-state index in [0.717, 1.165) is 12.8 Å². The molecule has 0 radical (unpaired) electrons. The van der Waals surface area contributed by atoms with Crippen LogP contribution >= 0.6 is 0 Å². The highest BCUT2D eigenvalue weighted by Gasteiger charge is 2.28. The zero-order valence-electron chi connectivity index (χ0n) is 10.1. The van der Waals surface area contributed by atoms with Gasteiger partial charge in [-0.05, 0) is 50.8 Å². The van der Waals surface area contributed by atoms with Crippen molar-refractivity contribution < 1.29 is 14.6 Å². The van der Waals surface area contributed by atoms with E-state index in [4.69, 9.17) is 9.84 Å². The second kappa shape index (κ2) is 4.78. The Balaban J connectivity index is 2.12. The molecule has 1 aliphatic rings. The van der Waals surface area contributed by atoms with Gasteiger partial charge in [0.2, 0.25) is 0 Å². The zero-order chi connectivity index (χ0) is 12.3. The van der Waals surface area contributed by atoms with E-state index in [2.05, 4.69) is 6.92 Å². The molecular formula is C14H18O3. The molecule has 3 nitrogen and oxygen atoms in total. The lowest BCUT2D eigenvalue weighted by Gasteiger charge is -2.34. The predicted octanol–water partition coefficient (Wildman–Crippen LogP) is 3.49. The van der Waals surface area contributed by atoms with Crippen LogP contribution in [-0.2, 0) is 0 Å². The van der Waals surface area contributed by atoms with Crippen molar-refractivity contribution in [1.82, 2.24) is 0 Å². The Morgan fingerprint density at radius 2 is 2.00 bits per heavy atom. The standard InChI is InChI=1S/C14H18O3/c1-14(8-3-2-4-9-14)17-12-7-5-6-11(10-12)13(15)16/h5-7,10H,2-4,8-9H2,1H3,(H,15,16). The third kappa shape index (κ3) is 2.99. The fourth-order valence-corrected chi connectivity index (χ4v) is 2.38. The van der Waals surface area contributed by atoms with Crippen LogP contribution in [0.15, 0.2) is 24.3 Å². The van der Waals surface area contributed by atoms with Crippen LogP contribution in [0.4, 0.5) is 0 Å². The first-order chi connectivity index (χ1) is 8.09. The van der Waals surface area contributed by atoms with Crippen LogP contribution in [0.2, 0.25) is 0 Å². The third-order valence-electron chi connectivity index (χ3n) is 3.36. The first kappa shape index (κ1) is 12.0. The maximum atomic E-state index is 10.9. The van der Waals surface area contributed by atoms with Crippen molar-refractivity contribution >= 4 is 5.97 Å². The van der Waals surface area contributed by atoms with Crippen LogP contribution < -0.4 is 4.74 Å². The Morgan fingerprint density at radius 1 is 1.29 bits per heavy atom. The molecule has 0 bridgehead atoms. The van der Waals surface area contributed by atoms with Gasteiger partial charge in [0, 0.05) is 0 Å². The number of carboxylic acid groups (broad SMARTS) is 1. The Labute approximate surface area is 101 Å². The van der Waals surface area contributed by atoms with E-state index < -0.39 is 5.97 Å². The number of ether oxygens (including phenoxy) is 1. The molecule has 0 spiro atoms. The third-order valence-corrected chi connectivity index (χ3v) is 3.36. The van der Waals surface area contributed by atoms with Gasteiger partial charge in [0.1, 0.15) is 11.4 Å².